The number of amides is 1. The van der Waals surface area contributed by atoms with E-state index in [1.54, 1.807) is 36.4 Å². The van der Waals surface area contributed by atoms with Crippen LogP contribution < -0.4 is 10.1 Å². The number of carbonyl (C=O) groups excluding carboxylic acids is 1. The highest BCUT2D eigenvalue weighted by Crippen LogP contribution is 2.31. The van der Waals surface area contributed by atoms with Crippen molar-refractivity contribution in [2.24, 2.45) is 0 Å². The highest BCUT2D eigenvalue weighted by Gasteiger charge is 2.18. The molecule has 0 fully saturated rings. The lowest BCUT2D eigenvalue weighted by atomic mass is 10.1. The summed E-state index contributed by atoms with van der Waals surface area (Å²) in [7, 11) is 0. The van der Waals surface area contributed by atoms with Crippen LogP contribution >= 0.6 is 11.6 Å². The lowest BCUT2D eigenvalue weighted by Crippen LogP contribution is -2.08. The summed E-state index contributed by atoms with van der Waals surface area (Å²) in [5.41, 5.74) is 1.96. The maximum absolute atomic E-state index is 12.4. The van der Waals surface area contributed by atoms with Crippen LogP contribution in [-0.4, -0.2) is 27.3 Å². The highest BCUT2D eigenvalue weighted by molar-refractivity contribution is 6.33. The Bertz CT molecular complexity index is 1130. The number of nitrogens with zero attached hydrogens (tertiary/aromatic N) is 3. The second kappa shape index (κ2) is 9.91. The van der Waals surface area contributed by atoms with E-state index in [0.717, 1.165) is 38.1 Å². The Labute approximate surface area is 188 Å². The minimum absolute atomic E-state index is 0.0571. The van der Waals surface area contributed by atoms with Crippen molar-refractivity contribution >= 4 is 29.3 Å². The minimum atomic E-state index is -2.88. The molecule has 9 heteroatoms. The van der Waals surface area contributed by atoms with E-state index >= 15 is 0 Å². The van der Waals surface area contributed by atoms with Gasteiger partial charge in [-0.1, -0.05) is 30.2 Å². The van der Waals surface area contributed by atoms with Gasteiger partial charge in [0.15, 0.2) is 5.82 Å². The number of benzene rings is 2. The van der Waals surface area contributed by atoms with Gasteiger partial charge in [-0.2, -0.15) is 8.78 Å². The maximum Gasteiger partial charge on any atom is 0.387 e. The fraction of sp³-hybridized carbons (Fsp3) is 0.261. The van der Waals surface area contributed by atoms with Gasteiger partial charge in [0, 0.05) is 30.3 Å². The second-order valence-electron chi connectivity index (χ2n) is 7.37. The van der Waals surface area contributed by atoms with Gasteiger partial charge in [-0.25, -0.2) is 0 Å². The largest absolute Gasteiger partial charge is 0.435 e. The Morgan fingerprint density at radius 1 is 1.12 bits per heavy atom. The number of aryl methyl sites for hydroxylation is 1. The molecule has 1 aliphatic rings. The van der Waals surface area contributed by atoms with E-state index in [1.807, 2.05) is 0 Å². The first-order valence-electron chi connectivity index (χ1n) is 10.3. The summed E-state index contributed by atoms with van der Waals surface area (Å²) in [5.74, 6) is 1.37. The maximum atomic E-state index is 12.4. The standard InChI is InChI=1S/C23H21ClF2N4O2/c24-19-11-8-16(14-18(19)22-29-28-20-4-2-1-3-13-30(20)22)27-21(31)12-7-15-5-9-17(10-6-15)32-23(25)26/h5-12,14,23H,1-4,13H2,(H,27,31)/b12-7+. The quantitative estimate of drug-likeness (QED) is 0.490. The van der Waals surface area contributed by atoms with Crippen molar-refractivity contribution in [3.05, 3.63) is 65.0 Å². The van der Waals surface area contributed by atoms with Crippen LogP contribution in [0.2, 0.25) is 5.02 Å². The Balaban J connectivity index is 1.47. The Morgan fingerprint density at radius 3 is 2.72 bits per heavy atom. The van der Waals surface area contributed by atoms with Crippen LogP contribution in [0.1, 0.15) is 30.7 Å². The number of halogens is 3. The first-order valence-corrected chi connectivity index (χ1v) is 10.6. The smallest absolute Gasteiger partial charge is 0.387 e. The van der Waals surface area contributed by atoms with Crippen molar-refractivity contribution in [2.75, 3.05) is 5.32 Å². The molecule has 0 saturated carbocycles. The van der Waals surface area contributed by atoms with Gasteiger partial charge in [0.05, 0.1) is 5.02 Å². The molecule has 6 nitrogen and oxygen atoms in total. The third-order valence-corrected chi connectivity index (χ3v) is 5.45. The predicted octanol–water partition coefficient (Wildman–Crippen LogP) is 5.58. The van der Waals surface area contributed by atoms with Crippen LogP contribution in [0, 0.1) is 0 Å². The van der Waals surface area contributed by atoms with E-state index in [4.69, 9.17) is 11.6 Å². The number of carbonyl (C=O) groups is 1. The Kier molecular flexibility index (Phi) is 6.80. The van der Waals surface area contributed by atoms with Crippen LogP contribution in [0.15, 0.2) is 48.5 Å². The summed E-state index contributed by atoms with van der Waals surface area (Å²) in [6.07, 6.45) is 7.14. The lowest BCUT2D eigenvalue weighted by molar-refractivity contribution is -0.111. The van der Waals surface area contributed by atoms with Gasteiger partial charge in [-0.3, -0.25) is 4.79 Å². The minimum Gasteiger partial charge on any atom is -0.435 e. The molecule has 0 saturated heterocycles. The molecule has 1 N–H and O–H groups in total. The summed E-state index contributed by atoms with van der Waals surface area (Å²) in [6, 6.07) is 11.2. The average Bonchev–Trinajstić information content (AvgIpc) is 3.02. The van der Waals surface area contributed by atoms with Gasteiger partial charge in [0.1, 0.15) is 11.6 Å². The van der Waals surface area contributed by atoms with Gasteiger partial charge in [-0.15, -0.1) is 10.2 Å². The summed E-state index contributed by atoms with van der Waals surface area (Å²) in [4.78, 5) is 12.4. The number of nitrogens with one attached hydrogen (secondary N) is 1. The van der Waals surface area contributed by atoms with Crippen LogP contribution in [0.5, 0.6) is 5.75 Å². The number of anilines is 1. The number of hydrogen-bond donors (Lipinski definition) is 1. The van der Waals surface area contributed by atoms with Crippen LogP contribution in [0.25, 0.3) is 17.5 Å². The monoisotopic (exact) mass is 458 g/mol. The molecule has 1 amide bonds. The predicted molar refractivity (Wildman–Crippen MR) is 119 cm³/mol. The van der Waals surface area contributed by atoms with Crippen molar-refractivity contribution in [1.29, 1.82) is 0 Å². The van der Waals surface area contributed by atoms with E-state index in [-0.39, 0.29) is 11.7 Å². The Hall–Kier alpha value is -3.26. The first kappa shape index (κ1) is 22.0. The fourth-order valence-electron chi connectivity index (χ4n) is 3.57. The molecule has 0 bridgehead atoms. The molecule has 0 aliphatic carbocycles. The van der Waals surface area contributed by atoms with Crippen molar-refractivity contribution in [1.82, 2.24) is 14.8 Å². The highest BCUT2D eigenvalue weighted by atomic mass is 35.5. The SMILES string of the molecule is O=C(/C=C/c1ccc(OC(F)F)cc1)Nc1ccc(Cl)c(-c2nnc3n2CCCCC3)c1. The van der Waals surface area contributed by atoms with Gasteiger partial charge in [0.25, 0.3) is 0 Å². The van der Waals surface area contributed by atoms with Gasteiger partial charge in [0.2, 0.25) is 5.91 Å². The van der Waals surface area contributed by atoms with E-state index in [0.29, 0.717) is 27.7 Å². The molecule has 0 unspecified atom stereocenters. The van der Waals surface area contributed by atoms with Gasteiger partial charge in [-0.05, 0) is 54.8 Å². The fourth-order valence-corrected chi connectivity index (χ4v) is 3.78. The topological polar surface area (TPSA) is 69.0 Å². The number of ether oxygens (including phenoxy) is 1. The molecule has 32 heavy (non-hydrogen) atoms. The second-order valence-corrected chi connectivity index (χ2v) is 7.77. The molecule has 0 atom stereocenters. The number of aromatic nitrogens is 3. The summed E-state index contributed by atoms with van der Waals surface area (Å²) in [6.45, 7) is -2.03. The van der Waals surface area contributed by atoms with Crippen molar-refractivity contribution in [3.63, 3.8) is 0 Å². The first-order chi connectivity index (χ1) is 15.5. The molecule has 1 aromatic heterocycles. The Morgan fingerprint density at radius 2 is 1.94 bits per heavy atom. The zero-order valence-corrected chi connectivity index (χ0v) is 17.9. The zero-order chi connectivity index (χ0) is 22.5. The molecule has 2 heterocycles. The number of rotatable bonds is 6. The summed E-state index contributed by atoms with van der Waals surface area (Å²) >= 11 is 6.43. The molecule has 4 rings (SSSR count). The van der Waals surface area contributed by atoms with Crippen LogP contribution in [0.3, 0.4) is 0 Å². The molecule has 166 valence electrons. The number of alkyl halides is 2. The van der Waals surface area contributed by atoms with E-state index in [1.165, 1.54) is 18.2 Å². The van der Waals surface area contributed by atoms with Crippen molar-refractivity contribution < 1.29 is 18.3 Å². The van der Waals surface area contributed by atoms with E-state index < -0.39 is 6.61 Å². The molecule has 0 spiro atoms. The molecule has 3 aromatic rings. The van der Waals surface area contributed by atoms with Crippen LogP contribution in [0.4, 0.5) is 14.5 Å². The average molecular weight is 459 g/mol. The van der Waals surface area contributed by atoms with Gasteiger partial charge < -0.3 is 14.6 Å². The molecule has 1 aliphatic heterocycles. The van der Waals surface area contributed by atoms with E-state index in [2.05, 4.69) is 24.8 Å². The summed E-state index contributed by atoms with van der Waals surface area (Å²) < 4.78 is 30.8. The summed E-state index contributed by atoms with van der Waals surface area (Å²) in [5, 5.41) is 12.0. The van der Waals surface area contributed by atoms with Crippen molar-refractivity contribution in [2.45, 2.75) is 38.8 Å². The normalized spacial score (nSPS) is 13.8. The third-order valence-electron chi connectivity index (χ3n) is 5.12. The van der Waals surface area contributed by atoms with E-state index in [9.17, 15) is 13.6 Å². The van der Waals surface area contributed by atoms with Crippen molar-refractivity contribution in [3.8, 4) is 17.1 Å². The molecule has 2 aromatic carbocycles. The number of hydrogen-bond acceptors (Lipinski definition) is 4. The lowest BCUT2D eigenvalue weighted by Gasteiger charge is -2.10. The zero-order valence-electron chi connectivity index (χ0n) is 17.1. The number of fused-ring (bicyclic) bond motifs is 1. The third kappa shape index (κ3) is 5.31. The van der Waals surface area contributed by atoms with Crippen LogP contribution in [-0.2, 0) is 17.8 Å². The molecule has 0 radical (unpaired) electrons. The molecular weight excluding hydrogens is 438 g/mol. The van der Waals surface area contributed by atoms with Gasteiger partial charge >= 0.3 is 6.61 Å². The molecular formula is C23H21ClF2N4O2.